The van der Waals surface area contributed by atoms with Crippen LogP contribution in [-0.4, -0.2) is 30.9 Å². The summed E-state index contributed by atoms with van der Waals surface area (Å²) >= 11 is 0. The first kappa shape index (κ1) is 11.4. The predicted molar refractivity (Wildman–Crippen MR) is 59.1 cm³/mol. The monoisotopic (exact) mass is 225 g/mol. The summed E-state index contributed by atoms with van der Waals surface area (Å²) in [6, 6.07) is 4.41. The molecule has 16 heavy (non-hydrogen) atoms. The van der Waals surface area contributed by atoms with Crippen molar-refractivity contribution in [3.63, 3.8) is 0 Å². The van der Waals surface area contributed by atoms with Crippen LogP contribution in [0.25, 0.3) is 0 Å². The Kier molecular flexibility index (Phi) is 3.12. The van der Waals surface area contributed by atoms with Gasteiger partial charge in [0.15, 0.2) is 0 Å². The van der Waals surface area contributed by atoms with E-state index in [2.05, 4.69) is 5.32 Å². The fourth-order valence-electron chi connectivity index (χ4n) is 2.10. The van der Waals surface area contributed by atoms with Crippen LogP contribution in [0.3, 0.4) is 0 Å². The van der Waals surface area contributed by atoms with Crippen LogP contribution in [0.1, 0.15) is 12.0 Å². The number of nitrogens with one attached hydrogen (secondary N) is 1. The molecular formula is C12H16FNO2. The van der Waals surface area contributed by atoms with E-state index in [0.29, 0.717) is 25.1 Å². The van der Waals surface area contributed by atoms with Crippen molar-refractivity contribution in [2.24, 2.45) is 0 Å². The van der Waals surface area contributed by atoms with Crippen molar-refractivity contribution in [2.45, 2.75) is 18.4 Å². The third-order valence-electron chi connectivity index (χ3n) is 2.99. The van der Waals surface area contributed by atoms with E-state index in [1.54, 1.807) is 6.07 Å². The molecule has 2 rings (SSSR count). The molecule has 1 fully saturated rings. The molecule has 4 heteroatoms. The second-order valence-electron chi connectivity index (χ2n) is 4.28. The van der Waals surface area contributed by atoms with E-state index in [1.165, 1.54) is 19.2 Å². The lowest BCUT2D eigenvalue weighted by Crippen LogP contribution is -2.33. The van der Waals surface area contributed by atoms with Gasteiger partial charge in [0.2, 0.25) is 0 Å². The zero-order chi connectivity index (χ0) is 11.6. The normalized spacial score (nSPS) is 24.7. The van der Waals surface area contributed by atoms with E-state index in [9.17, 15) is 9.50 Å². The standard InChI is InChI=1S/C12H16FNO2/c1-16-11-6-10(13)3-2-9(11)7-12(15)4-5-14-8-12/h2-3,6,14-15H,4-5,7-8H2,1H3. The summed E-state index contributed by atoms with van der Waals surface area (Å²) < 4.78 is 18.1. The Morgan fingerprint density at radius 1 is 1.56 bits per heavy atom. The molecule has 3 nitrogen and oxygen atoms in total. The van der Waals surface area contributed by atoms with Gasteiger partial charge in [-0.15, -0.1) is 0 Å². The molecule has 1 aliphatic rings. The molecule has 0 aromatic heterocycles. The molecule has 0 radical (unpaired) electrons. The average molecular weight is 225 g/mol. The first-order chi connectivity index (χ1) is 7.63. The van der Waals surface area contributed by atoms with Gasteiger partial charge in [-0.05, 0) is 24.6 Å². The Balaban J connectivity index is 2.20. The van der Waals surface area contributed by atoms with Gasteiger partial charge in [-0.2, -0.15) is 0 Å². The molecule has 1 unspecified atom stereocenters. The first-order valence-corrected chi connectivity index (χ1v) is 5.38. The lowest BCUT2D eigenvalue weighted by molar-refractivity contribution is 0.0612. The molecule has 1 atom stereocenters. The van der Waals surface area contributed by atoms with Crippen molar-refractivity contribution in [2.75, 3.05) is 20.2 Å². The van der Waals surface area contributed by atoms with Crippen molar-refractivity contribution in [3.8, 4) is 5.75 Å². The summed E-state index contributed by atoms with van der Waals surface area (Å²) in [5.74, 6) is 0.178. The van der Waals surface area contributed by atoms with Gasteiger partial charge in [0, 0.05) is 19.0 Å². The molecule has 88 valence electrons. The lowest BCUT2D eigenvalue weighted by atomic mass is 9.93. The van der Waals surface area contributed by atoms with Gasteiger partial charge < -0.3 is 15.2 Å². The number of β-amino-alcohol motifs (C(OH)–C–C–N with tert-alkyl or cyclic N) is 1. The predicted octanol–water partition coefficient (Wildman–Crippen LogP) is 1.10. The summed E-state index contributed by atoms with van der Waals surface area (Å²) in [6.07, 6.45) is 1.21. The highest BCUT2D eigenvalue weighted by Gasteiger charge is 2.32. The minimum Gasteiger partial charge on any atom is -0.496 e. The second kappa shape index (κ2) is 4.39. The maximum Gasteiger partial charge on any atom is 0.126 e. The molecule has 0 saturated carbocycles. The van der Waals surface area contributed by atoms with Crippen molar-refractivity contribution in [3.05, 3.63) is 29.6 Å². The lowest BCUT2D eigenvalue weighted by Gasteiger charge is -2.22. The highest BCUT2D eigenvalue weighted by Crippen LogP contribution is 2.27. The van der Waals surface area contributed by atoms with E-state index < -0.39 is 5.60 Å². The van der Waals surface area contributed by atoms with E-state index >= 15 is 0 Å². The maximum atomic E-state index is 13.0. The highest BCUT2D eigenvalue weighted by molar-refractivity contribution is 5.35. The van der Waals surface area contributed by atoms with Crippen molar-refractivity contribution in [1.29, 1.82) is 0 Å². The van der Waals surface area contributed by atoms with Crippen LogP contribution in [0.2, 0.25) is 0 Å². The van der Waals surface area contributed by atoms with E-state index in [4.69, 9.17) is 4.74 Å². The molecule has 1 saturated heterocycles. The van der Waals surface area contributed by atoms with E-state index in [0.717, 1.165) is 12.1 Å². The Bertz CT molecular complexity index is 375. The number of hydrogen-bond donors (Lipinski definition) is 2. The number of rotatable bonds is 3. The van der Waals surface area contributed by atoms with Crippen molar-refractivity contribution >= 4 is 0 Å². The molecule has 1 heterocycles. The largest absolute Gasteiger partial charge is 0.496 e. The minimum atomic E-state index is -0.731. The van der Waals surface area contributed by atoms with Crippen LogP contribution in [0.4, 0.5) is 4.39 Å². The average Bonchev–Trinajstić information content (AvgIpc) is 2.68. The van der Waals surface area contributed by atoms with Crippen LogP contribution in [-0.2, 0) is 6.42 Å². The summed E-state index contributed by atoms with van der Waals surface area (Å²) in [5, 5.41) is 13.3. The summed E-state index contributed by atoms with van der Waals surface area (Å²) in [7, 11) is 1.51. The zero-order valence-corrected chi connectivity index (χ0v) is 9.29. The van der Waals surface area contributed by atoms with Gasteiger partial charge in [0.1, 0.15) is 11.6 Å². The SMILES string of the molecule is COc1cc(F)ccc1CC1(O)CCNC1. The number of methoxy groups -OCH3 is 1. The van der Waals surface area contributed by atoms with Gasteiger partial charge in [0.25, 0.3) is 0 Å². The van der Waals surface area contributed by atoms with Crippen molar-refractivity contribution < 1.29 is 14.2 Å². The first-order valence-electron chi connectivity index (χ1n) is 5.38. The van der Waals surface area contributed by atoms with Crippen LogP contribution >= 0.6 is 0 Å². The third-order valence-corrected chi connectivity index (χ3v) is 2.99. The maximum absolute atomic E-state index is 13.0. The Morgan fingerprint density at radius 3 is 3.00 bits per heavy atom. The zero-order valence-electron chi connectivity index (χ0n) is 9.29. The van der Waals surface area contributed by atoms with Gasteiger partial charge >= 0.3 is 0 Å². The minimum absolute atomic E-state index is 0.322. The molecular weight excluding hydrogens is 209 g/mol. The quantitative estimate of drug-likeness (QED) is 0.809. The van der Waals surface area contributed by atoms with Gasteiger partial charge in [-0.3, -0.25) is 0 Å². The fraction of sp³-hybridized carbons (Fsp3) is 0.500. The van der Waals surface area contributed by atoms with E-state index in [1.807, 2.05) is 0 Å². The number of aliphatic hydroxyl groups is 1. The van der Waals surface area contributed by atoms with Crippen LogP contribution in [0.15, 0.2) is 18.2 Å². The van der Waals surface area contributed by atoms with Crippen molar-refractivity contribution in [1.82, 2.24) is 5.32 Å². The van der Waals surface area contributed by atoms with E-state index in [-0.39, 0.29) is 5.82 Å². The Labute approximate surface area is 94.2 Å². The fourth-order valence-corrected chi connectivity index (χ4v) is 2.10. The van der Waals surface area contributed by atoms with Gasteiger partial charge in [-0.25, -0.2) is 4.39 Å². The third kappa shape index (κ3) is 2.33. The number of benzene rings is 1. The van der Waals surface area contributed by atoms with Gasteiger partial charge in [0.05, 0.1) is 12.7 Å². The molecule has 0 aliphatic carbocycles. The summed E-state index contributed by atoms with van der Waals surface area (Å²) in [5.41, 5.74) is 0.112. The van der Waals surface area contributed by atoms with Gasteiger partial charge in [-0.1, -0.05) is 6.07 Å². The van der Waals surface area contributed by atoms with Crippen LogP contribution in [0, 0.1) is 5.82 Å². The smallest absolute Gasteiger partial charge is 0.126 e. The van der Waals surface area contributed by atoms with Crippen LogP contribution in [0.5, 0.6) is 5.75 Å². The molecule has 0 amide bonds. The number of ether oxygens (including phenoxy) is 1. The Hall–Kier alpha value is -1.13. The molecule has 0 spiro atoms. The topological polar surface area (TPSA) is 41.5 Å². The molecule has 1 aromatic rings. The summed E-state index contributed by atoms with van der Waals surface area (Å²) in [4.78, 5) is 0. The molecule has 1 aromatic carbocycles. The highest BCUT2D eigenvalue weighted by atomic mass is 19.1. The second-order valence-corrected chi connectivity index (χ2v) is 4.28. The summed E-state index contributed by atoms with van der Waals surface area (Å²) in [6.45, 7) is 1.40. The number of hydrogen-bond acceptors (Lipinski definition) is 3. The molecule has 2 N–H and O–H groups in total. The molecule has 1 aliphatic heterocycles. The molecule has 0 bridgehead atoms. The van der Waals surface area contributed by atoms with Crippen LogP contribution < -0.4 is 10.1 Å². The Morgan fingerprint density at radius 2 is 2.38 bits per heavy atom. The number of halogens is 1.